The van der Waals surface area contributed by atoms with Crippen LogP contribution in [-0.4, -0.2) is 18.4 Å². The highest BCUT2D eigenvalue weighted by molar-refractivity contribution is 5.92. The molecule has 0 aliphatic rings. The molecule has 2 amide bonds. The minimum Gasteiger partial charge on any atom is -0.493 e. The third kappa shape index (κ3) is 6.67. The van der Waals surface area contributed by atoms with Crippen LogP contribution >= 0.6 is 0 Å². The van der Waals surface area contributed by atoms with E-state index >= 15 is 0 Å². The average molecular weight is 340 g/mol. The maximum atomic E-state index is 11.8. The number of benzene rings is 2. The summed E-state index contributed by atoms with van der Waals surface area (Å²) in [5.41, 5.74) is 1.73. The maximum absolute atomic E-state index is 11.8. The lowest BCUT2D eigenvalue weighted by molar-refractivity contribution is -0.121. The Hall–Kier alpha value is -2.82. The second kappa shape index (κ2) is 9.47. The maximum Gasteiger partial charge on any atom is 0.226 e. The molecule has 0 fully saturated rings. The van der Waals surface area contributed by atoms with E-state index in [1.165, 1.54) is 0 Å². The van der Waals surface area contributed by atoms with E-state index in [4.69, 9.17) is 4.74 Å². The van der Waals surface area contributed by atoms with Gasteiger partial charge in [0.1, 0.15) is 5.75 Å². The summed E-state index contributed by atoms with van der Waals surface area (Å²) in [5.74, 6) is 0.624. The summed E-state index contributed by atoms with van der Waals surface area (Å²) in [6.45, 7) is 4.49. The third-order valence-electron chi connectivity index (χ3n) is 3.58. The van der Waals surface area contributed by atoms with Crippen molar-refractivity contribution in [3.63, 3.8) is 0 Å². The standard InChI is InChI=1S/C20H24N2O3/c1-15(2)20(24)22-17-10-8-16(9-11-17)14-21-19(23)12-13-25-18-6-4-3-5-7-18/h3-11,15H,12-14H2,1-2H3,(H,21,23)(H,22,24). The van der Waals surface area contributed by atoms with Crippen molar-refractivity contribution in [2.75, 3.05) is 11.9 Å². The molecule has 2 N–H and O–H groups in total. The normalized spacial score (nSPS) is 10.4. The van der Waals surface area contributed by atoms with Crippen molar-refractivity contribution >= 4 is 17.5 Å². The van der Waals surface area contributed by atoms with Gasteiger partial charge >= 0.3 is 0 Å². The van der Waals surface area contributed by atoms with E-state index in [1.54, 1.807) is 0 Å². The first-order valence-electron chi connectivity index (χ1n) is 8.39. The highest BCUT2D eigenvalue weighted by Gasteiger charge is 2.07. The Morgan fingerprint density at radius 3 is 2.32 bits per heavy atom. The van der Waals surface area contributed by atoms with Crippen LogP contribution in [0, 0.1) is 5.92 Å². The van der Waals surface area contributed by atoms with E-state index in [0.717, 1.165) is 17.0 Å². The van der Waals surface area contributed by atoms with Crippen LogP contribution < -0.4 is 15.4 Å². The van der Waals surface area contributed by atoms with Gasteiger partial charge in [-0.3, -0.25) is 9.59 Å². The molecule has 25 heavy (non-hydrogen) atoms. The minimum atomic E-state index is -0.0619. The number of carbonyl (C=O) groups excluding carboxylic acids is 2. The number of anilines is 1. The molecule has 0 aliphatic heterocycles. The number of hydrogen-bond acceptors (Lipinski definition) is 3. The van der Waals surface area contributed by atoms with Gasteiger partial charge in [0.15, 0.2) is 0 Å². The zero-order valence-corrected chi connectivity index (χ0v) is 14.6. The number of para-hydroxylation sites is 1. The molecule has 0 spiro atoms. The zero-order chi connectivity index (χ0) is 18.1. The van der Waals surface area contributed by atoms with Gasteiger partial charge in [0, 0.05) is 18.2 Å². The van der Waals surface area contributed by atoms with Gasteiger partial charge in [0.2, 0.25) is 11.8 Å². The number of amides is 2. The Bertz CT molecular complexity index is 682. The SMILES string of the molecule is CC(C)C(=O)Nc1ccc(CNC(=O)CCOc2ccccc2)cc1. The molecule has 5 nitrogen and oxygen atoms in total. The van der Waals surface area contributed by atoms with Crippen LogP contribution in [0.15, 0.2) is 54.6 Å². The molecule has 0 bridgehead atoms. The van der Waals surface area contributed by atoms with E-state index in [2.05, 4.69) is 10.6 Å². The summed E-state index contributed by atoms with van der Waals surface area (Å²) in [6.07, 6.45) is 0.303. The van der Waals surface area contributed by atoms with Crippen LogP contribution in [-0.2, 0) is 16.1 Å². The summed E-state index contributed by atoms with van der Waals surface area (Å²) in [6, 6.07) is 16.9. The van der Waals surface area contributed by atoms with Crippen LogP contribution in [0.1, 0.15) is 25.8 Å². The Morgan fingerprint density at radius 2 is 1.68 bits per heavy atom. The second-order valence-electron chi connectivity index (χ2n) is 6.03. The Labute approximate surface area is 148 Å². The first-order chi connectivity index (χ1) is 12.0. The summed E-state index contributed by atoms with van der Waals surface area (Å²) < 4.78 is 5.50. The van der Waals surface area contributed by atoms with Crippen molar-refractivity contribution in [2.24, 2.45) is 5.92 Å². The average Bonchev–Trinajstić information content (AvgIpc) is 2.62. The summed E-state index contributed by atoms with van der Waals surface area (Å²) in [7, 11) is 0. The van der Waals surface area contributed by atoms with Crippen molar-refractivity contribution in [2.45, 2.75) is 26.8 Å². The van der Waals surface area contributed by atoms with Crippen LogP contribution in [0.2, 0.25) is 0 Å². The Kier molecular flexibility index (Phi) is 7.01. The molecular weight excluding hydrogens is 316 g/mol. The Balaban J connectivity index is 1.69. The lowest BCUT2D eigenvalue weighted by Gasteiger charge is -2.09. The largest absolute Gasteiger partial charge is 0.493 e. The van der Waals surface area contributed by atoms with Crippen molar-refractivity contribution in [3.05, 3.63) is 60.2 Å². The fourth-order valence-electron chi connectivity index (χ4n) is 2.06. The summed E-state index contributed by atoms with van der Waals surface area (Å²) in [5, 5.41) is 5.69. The van der Waals surface area contributed by atoms with E-state index in [-0.39, 0.29) is 17.7 Å². The van der Waals surface area contributed by atoms with Gasteiger partial charge in [-0.25, -0.2) is 0 Å². The van der Waals surface area contributed by atoms with Crippen molar-refractivity contribution in [3.8, 4) is 5.75 Å². The van der Waals surface area contributed by atoms with E-state index < -0.39 is 0 Å². The highest BCUT2D eigenvalue weighted by atomic mass is 16.5. The quantitative estimate of drug-likeness (QED) is 0.774. The predicted octanol–water partition coefficient (Wildman–Crippen LogP) is 3.37. The summed E-state index contributed by atoms with van der Waals surface area (Å²) >= 11 is 0. The molecule has 2 aromatic carbocycles. The van der Waals surface area contributed by atoms with Crippen molar-refractivity contribution in [1.29, 1.82) is 0 Å². The molecule has 5 heteroatoms. The highest BCUT2D eigenvalue weighted by Crippen LogP contribution is 2.11. The first-order valence-corrected chi connectivity index (χ1v) is 8.39. The van der Waals surface area contributed by atoms with Gasteiger partial charge in [-0.05, 0) is 29.8 Å². The molecule has 0 atom stereocenters. The van der Waals surface area contributed by atoms with Crippen LogP contribution in [0.25, 0.3) is 0 Å². The van der Waals surface area contributed by atoms with Gasteiger partial charge in [-0.2, -0.15) is 0 Å². The molecule has 0 heterocycles. The van der Waals surface area contributed by atoms with Crippen LogP contribution in [0.3, 0.4) is 0 Å². The van der Waals surface area contributed by atoms with Gasteiger partial charge < -0.3 is 15.4 Å². The molecule has 0 aromatic heterocycles. The molecule has 0 saturated heterocycles. The number of nitrogens with one attached hydrogen (secondary N) is 2. The van der Waals surface area contributed by atoms with E-state index in [1.807, 2.05) is 68.4 Å². The second-order valence-corrected chi connectivity index (χ2v) is 6.03. The number of hydrogen-bond donors (Lipinski definition) is 2. The van der Waals surface area contributed by atoms with E-state index in [9.17, 15) is 9.59 Å². The molecule has 0 radical (unpaired) electrons. The van der Waals surface area contributed by atoms with Gasteiger partial charge in [0.05, 0.1) is 13.0 Å². The lowest BCUT2D eigenvalue weighted by Crippen LogP contribution is -2.24. The predicted molar refractivity (Wildman–Crippen MR) is 98.3 cm³/mol. The molecule has 0 aliphatic carbocycles. The summed E-state index contributed by atoms with van der Waals surface area (Å²) in [4.78, 5) is 23.5. The molecular formula is C20H24N2O3. The molecule has 2 aromatic rings. The van der Waals surface area contributed by atoms with Crippen LogP contribution in [0.5, 0.6) is 5.75 Å². The monoisotopic (exact) mass is 340 g/mol. The minimum absolute atomic E-state index is 0.0144. The van der Waals surface area contributed by atoms with E-state index in [0.29, 0.717) is 19.6 Å². The molecule has 0 saturated carbocycles. The molecule has 132 valence electrons. The van der Waals surface area contributed by atoms with Crippen molar-refractivity contribution < 1.29 is 14.3 Å². The lowest BCUT2D eigenvalue weighted by atomic mass is 10.1. The fourth-order valence-corrected chi connectivity index (χ4v) is 2.06. The zero-order valence-electron chi connectivity index (χ0n) is 14.6. The smallest absolute Gasteiger partial charge is 0.226 e. The first kappa shape index (κ1) is 18.5. The van der Waals surface area contributed by atoms with Gasteiger partial charge in [0.25, 0.3) is 0 Å². The Morgan fingerprint density at radius 1 is 1.00 bits per heavy atom. The van der Waals surface area contributed by atoms with Crippen molar-refractivity contribution in [1.82, 2.24) is 5.32 Å². The third-order valence-corrected chi connectivity index (χ3v) is 3.58. The number of ether oxygens (including phenoxy) is 1. The van der Waals surface area contributed by atoms with Crippen LogP contribution in [0.4, 0.5) is 5.69 Å². The topological polar surface area (TPSA) is 67.4 Å². The fraction of sp³-hybridized carbons (Fsp3) is 0.300. The number of carbonyl (C=O) groups is 2. The van der Waals surface area contributed by atoms with Gasteiger partial charge in [-0.15, -0.1) is 0 Å². The van der Waals surface area contributed by atoms with Gasteiger partial charge in [-0.1, -0.05) is 44.2 Å². The number of rotatable bonds is 8. The molecule has 2 rings (SSSR count). The molecule has 0 unspecified atom stereocenters.